The van der Waals surface area contributed by atoms with Crippen LogP contribution < -0.4 is 4.74 Å². The van der Waals surface area contributed by atoms with Gasteiger partial charge in [0.15, 0.2) is 0 Å². The molecule has 2 aromatic carbocycles. The van der Waals surface area contributed by atoms with Crippen molar-refractivity contribution in [3.8, 4) is 5.75 Å². The van der Waals surface area contributed by atoms with Crippen LogP contribution in [-0.2, 0) is 0 Å². The van der Waals surface area contributed by atoms with Crippen LogP contribution in [0.2, 0.25) is 0 Å². The Morgan fingerprint density at radius 2 is 1.55 bits per heavy atom. The zero-order chi connectivity index (χ0) is 16.3. The molecule has 0 spiro atoms. The first-order chi connectivity index (χ1) is 10.3. The van der Waals surface area contributed by atoms with Crippen LogP contribution in [0.1, 0.15) is 37.5 Å². The summed E-state index contributed by atoms with van der Waals surface area (Å²) in [6.07, 6.45) is 0. The normalized spacial score (nSPS) is 12.8. The summed E-state index contributed by atoms with van der Waals surface area (Å²) >= 11 is 9.38. The number of aryl methyl sites for hydroxylation is 1. The maximum absolute atomic E-state index is 6.08. The van der Waals surface area contributed by atoms with Crippen LogP contribution in [0.3, 0.4) is 0 Å². The summed E-state index contributed by atoms with van der Waals surface area (Å²) in [5.74, 6) is 0.825. The van der Waals surface area contributed by atoms with Gasteiger partial charge in [0, 0.05) is 15.4 Å². The van der Waals surface area contributed by atoms with Crippen LogP contribution in [0, 0.1) is 6.92 Å². The van der Waals surface area contributed by atoms with Gasteiger partial charge in [-0.15, -0.1) is 25.3 Å². The lowest BCUT2D eigenvalue weighted by Gasteiger charge is -2.24. The van der Waals surface area contributed by atoms with E-state index in [1.807, 2.05) is 63.2 Å². The van der Waals surface area contributed by atoms with E-state index in [-0.39, 0.29) is 5.60 Å². The average molecular weight is 331 g/mol. The van der Waals surface area contributed by atoms with Gasteiger partial charge in [0.25, 0.3) is 0 Å². The summed E-state index contributed by atoms with van der Waals surface area (Å²) in [5.41, 5.74) is 2.91. The molecule has 0 unspecified atom stereocenters. The van der Waals surface area contributed by atoms with E-state index in [1.165, 1.54) is 0 Å². The third-order valence-corrected chi connectivity index (χ3v) is 4.20. The maximum Gasteiger partial charge on any atom is 0.128 e. The van der Waals surface area contributed by atoms with Crippen molar-refractivity contribution in [3.63, 3.8) is 0 Å². The number of rotatable bonds is 3. The van der Waals surface area contributed by atoms with Gasteiger partial charge >= 0.3 is 0 Å². The minimum atomic E-state index is -0.262. The van der Waals surface area contributed by atoms with Crippen molar-refractivity contribution in [2.75, 3.05) is 0 Å². The summed E-state index contributed by atoms with van der Waals surface area (Å²) in [6, 6.07) is 16.2. The fourth-order valence-corrected chi connectivity index (χ4v) is 2.68. The highest BCUT2D eigenvalue weighted by atomic mass is 32.1. The quantitative estimate of drug-likeness (QED) is 0.529. The second kappa shape index (κ2) is 6.84. The van der Waals surface area contributed by atoms with E-state index in [1.54, 1.807) is 0 Å². The van der Waals surface area contributed by atoms with Gasteiger partial charge in [-0.2, -0.15) is 0 Å². The molecule has 0 N–H and O–H groups in total. The molecule has 0 saturated carbocycles. The Bertz CT molecular complexity index is 682. The summed E-state index contributed by atoms with van der Waals surface area (Å²) in [5, 5.41) is 0. The van der Waals surface area contributed by atoms with Crippen molar-refractivity contribution >= 4 is 35.1 Å². The molecule has 0 aliphatic heterocycles. The number of hydrogen-bond donors (Lipinski definition) is 2. The van der Waals surface area contributed by atoms with Crippen LogP contribution in [0.15, 0.2) is 48.5 Å². The van der Waals surface area contributed by atoms with Crippen LogP contribution in [-0.4, -0.2) is 5.60 Å². The smallest absolute Gasteiger partial charge is 0.128 e. The molecule has 1 nitrogen and oxygen atoms in total. The third-order valence-electron chi connectivity index (χ3n) is 3.08. The number of thiol groups is 2. The van der Waals surface area contributed by atoms with E-state index in [0.717, 1.165) is 32.3 Å². The SMILES string of the molecule is Cc1ccc(OC(C)(C)C)c(C(S)=C(S)c2ccccc2)c1. The van der Waals surface area contributed by atoms with Gasteiger partial charge in [0.2, 0.25) is 0 Å². The molecular formula is C19H22OS2. The van der Waals surface area contributed by atoms with E-state index in [2.05, 4.69) is 25.6 Å². The predicted octanol–water partition coefficient (Wildman–Crippen LogP) is 5.86. The van der Waals surface area contributed by atoms with Crippen LogP contribution >= 0.6 is 25.3 Å². The molecule has 0 aliphatic carbocycles. The largest absolute Gasteiger partial charge is 0.487 e. The molecule has 0 atom stereocenters. The molecule has 0 amide bonds. The average Bonchev–Trinajstić information content (AvgIpc) is 2.47. The highest BCUT2D eigenvalue weighted by Gasteiger charge is 2.17. The Hall–Kier alpha value is -1.32. The molecule has 22 heavy (non-hydrogen) atoms. The Kier molecular flexibility index (Phi) is 5.30. The Morgan fingerprint density at radius 3 is 2.14 bits per heavy atom. The molecule has 2 aromatic rings. The second-order valence-corrected chi connectivity index (χ2v) is 7.17. The summed E-state index contributed by atoms with van der Waals surface area (Å²) in [4.78, 5) is 1.66. The molecule has 2 rings (SSSR count). The van der Waals surface area contributed by atoms with Gasteiger partial charge in [-0.3, -0.25) is 0 Å². The molecule has 0 heterocycles. The van der Waals surface area contributed by atoms with Crippen LogP contribution in [0.5, 0.6) is 5.75 Å². The minimum Gasteiger partial charge on any atom is -0.487 e. The molecule has 3 heteroatoms. The van der Waals surface area contributed by atoms with Crippen molar-refractivity contribution in [1.82, 2.24) is 0 Å². The Balaban J connectivity index is 2.53. The first kappa shape index (κ1) is 17.0. The highest BCUT2D eigenvalue weighted by molar-refractivity contribution is 7.96. The van der Waals surface area contributed by atoms with Crippen molar-refractivity contribution in [1.29, 1.82) is 0 Å². The Labute approximate surface area is 144 Å². The predicted molar refractivity (Wildman–Crippen MR) is 103 cm³/mol. The van der Waals surface area contributed by atoms with Gasteiger partial charge in [-0.05, 0) is 45.4 Å². The summed E-state index contributed by atoms with van der Waals surface area (Å²) in [6.45, 7) is 8.18. The van der Waals surface area contributed by atoms with E-state index in [0.29, 0.717) is 0 Å². The minimum absolute atomic E-state index is 0.262. The zero-order valence-electron chi connectivity index (χ0n) is 13.4. The lowest BCUT2D eigenvalue weighted by molar-refractivity contribution is 0.130. The lowest BCUT2D eigenvalue weighted by atomic mass is 10.1. The third kappa shape index (κ3) is 4.34. The molecule has 0 bridgehead atoms. The number of ether oxygens (including phenoxy) is 1. The highest BCUT2D eigenvalue weighted by Crippen LogP contribution is 2.38. The molecular weight excluding hydrogens is 308 g/mol. The summed E-state index contributed by atoms with van der Waals surface area (Å²) in [7, 11) is 0. The first-order valence-electron chi connectivity index (χ1n) is 7.25. The monoisotopic (exact) mass is 330 g/mol. The first-order valence-corrected chi connectivity index (χ1v) is 8.15. The van der Waals surface area contributed by atoms with E-state index >= 15 is 0 Å². The van der Waals surface area contributed by atoms with Crippen molar-refractivity contribution in [2.24, 2.45) is 0 Å². The topological polar surface area (TPSA) is 9.23 Å². The van der Waals surface area contributed by atoms with Gasteiger partial charge in [-0.1, -0.05) is 42.0 Å². The van der Waals surface area contributed by atoms with E-state index in [9.17, 15) is 0 Å². The molecule has 0 fully saturated rings. The van der Waals surface area contributed by atoms with E-state index < -0.39 is 0 Å². The van der Waals surface area contributed by atoms with Crippen LogP contribution in [0.25, 0.3) is 9.81 Å². The standard InChI is InChI=1S/C19H22OS2/c1-13-10-11-16(20-19(2,3)4)15(12-13)18(22)17(21)14-8-6-5-7-9-14/h5-12,21-22H,1-4H3. The van der Waals surface area contributed by atoms with E-state index in [4.69, 9.17) is 17.4 Å². The van der Waals surface area contributed by atoms with Crippen LogP contribution in [0.4, 0.5) is 0 Å². The van der Waals surface area contributed by atoms with Gasteiger partial charge in [-0.25, -0.2) is 0 Å². The van der Waals surface area contributed by atoms with Crippen molar-refractivity contribution < 1.29 is 4.74 Å². The van der Waals surface area contributed by atoms with Gasteiger partial charge in [0.05, 0.1) is 0 Å². The molecule has 116 valence electrons. The molecule has 0 aliphatic rings. The van der Waals surface area contributed by atoms with Crippen molar-refractivity contribution in [3.05, 3.63) is 65.2 Å². The molecule has 0 saturated heterocycles. The van der Waals surface area contributed by atoms with Gasteiger partial charge in [0.1, 0.15) is 11.4 Å². The molecule has 0 radical (unpaired) electrons. The number of hydrogen-bond acceptors (Lipinski definition) is 3. The maximum atomic E-state index is 6.08. The Morgan fingerprint density at radius 1 is 0.909 bits per heavy atom. The van der Waals surface area contributed by atoms with Crippen molar-refractivity contribution in [2.45, 2.75) is 33.3 Å². The fraction of sp³-hybridized carbons (Fsp3) is 0.263. The zero-order valence-corrected chi connectivity index (χ0v) is 15.2. The summed E-state index contributed by atoms with van der Waals surface area (Å²) < 4.78 is 6.08. The second-order valence-electron chi connectivity index (χ2n) is 6.28. The lowest BCUT2D eigenvalue weighted by Crippen LogP contribution is -2.23. The van der Waals surface area contributed by atoms with Gasteiger partial charge < -0.3 is 4.74 Å². The fourth-order valence-electron chi connectivity index (χ4n) is 2.11. The molecule has 0 aromatic heterocycles. The number of benzene rings is 2.